The van der Waals surface area contributed by atoms with Crippen molar-refractivity contribution in [3.8, 4) is 11.8 Å². The summed E-state index contributed by atoms with van der Waals surface area (Å²) in [5.41, 5.74) is 0. The topological polar surface area (TPSA) is 63.6 Å². The molecule has 0 spiro atoms. The SMILES string of the molecule is CC#CCC(C)OC(=O)C(=O)O. The minimum Gasteiger partial charge on any atom is -0.473 e. The van der Waals surface area contributed by atoms with Crippen molar-refractivity contribution in [2.45, 2.75) is 26.4 Å². The lowest BCUT2D eigenvalue weighted by Gasteiger charge is -2.06. The summed E-state index contributed by atoms with van der Waals surface area (Å²) in [7, 11) is 0. The Labute approximate surface area is 70.5 Å². The van der Waals surface area contributed by atoms with Crippen molar-refractivity contribution in [2.75, 3.05) is 0 Å². The van der Waals surface area contributed by atoms with Gasteiger partial charge in [-0.25, -0.2) is 9.59 Å². The lowest BCUT2D eigenvalue weighted by Crippen LogP contribution is -2.21. The molecule has 0 amide bonds. The van der Waals surface area contributed by atoms with Crippen molar-refractivity contribution in [3.05, 3.63) is 0 Å². The van der Waals surface area contributed by atoms with Crippen LogP contribution in [0, 0.1) is 11.8 Å². The van der Waals surface area contributed by atoms with Crippen LogP contribution in [0.2, 0.25) is 0 Å². The Balaban J connectivity index is 3.81. The van der Waals surface area contributed by atoms with E-state index in [1.54, 1.807) is 13.8 Å². The van der Waals surface area contributed by atoms with Crippen molar-refractivity contribution >= 4 is 11.9 Å². The molecule has 0 rings (SSSR count). The molecule has 0 radical (unpaired) electrons. The molecule has 0 aliphatic rings. The second-order valence-electron chi connectivity index (χ2n) is 2.15. The Morgan fingerprint density at radius 2 is 2.17 bits per heavy atom. The van der Waals surface area contributed by atoms with Crippen molar-refractivity contribution in [3.63, 3.8) is 0 Å². The molecule has 0 saturated carbocycles. The van der Waals surface area contributed by atoms with Crippen LogP contribution in [0.4, 0.5) is 0 Å². The Morgan fingerprint density at radius 3 is 2.58 bits per heavy atom. The molecule has 0 fully saturated rings. The zero-order chi connectivity index (χ0) is 9.56. The van der Waals surface area contributed by atoms with Gasteiger partial charge in [-0.1, -0.05) is 5.92 Å². The molecule has 1 atom stereocenters. The van der Waals surface area contributed by atoms with E-state index in [2.05, 4.69) is 16.6 Å². The van der Waals surface area contributed by atoms with E-state index in [1.165, 1.54) is 0 Å². The molecule has 4 heteroatoms. The van der Waals surface area contributed by atoms with E-state index in [4.69, 9.17) is 5.11 Å². The van der Waals surface area contributed by atoms with E-state index in [0.717, 1.165) is 0 Å². The molecule has 66 valence electrons. The molecule has 0 saturated heterocycles. The van der Waals surface area contributed by atoms with Crippen molar-refractivity contribution in [1.82, 2.24) is 0 Å². The zero-order valence-corrected chi connectivity index (χ0v) is 6.96. The number of ether oxygens (including phenoxy) is 1. The highest BCUT2D eigenvalue weighted by atomic mass is 16.6. The van der Waals surface area contributed by atoms with Crippen molar-refractivity contribution in [1.29, 1.82) is 0 Å². The fourth-order valence-electron chi connectivity index (χ4n) is 0.521. The Kier molecular flexibility index (Phi) is 4.54. The molecule has 0 aromatic rings. The number of rotatable bonds is 2. The second-order valence-corrected chi connectivity index (χ2v) is 2.15. The number of carboxylic acid groups (broad SMARTS) is 1. The van der Waals surface area contributed by atoms with Gasteiger partial charge in [0.15, 0.2) is 0 Å². The minimum absolute atomic E-state index is 0.357. The van der Waals surface area contributed by atoms with Gasteiger partial charge in [0, 0.05) is 6.42 Å². The maximum atomic E-state index is 10.4. The number of hydrogen-bond acceptors (Lipinski definition) is 3. The van der Waals surface area contributed by atoms with Crippen LogP contribution < -0.4 is 0 Å². The normalized spacial score (nSPS) is 10.8. The van der Waals surface area contributed by atoms with Gasteiger partial charge in [-0.15, -0.1) is 5.92 Å². The van der Waals surface area contributed by atoms with E-state index < -0.39 is 18.0 Å². The summed E-state index contributed by atoms with van der Waals surface area (Å²) in [6, 6.07) is 0. The largest absolute Gasteiger partial charge is 0.473 e. The van der Waals surface area contributed by atoms with Crippen LogP contribution in [0.15, 0.2) is 0 Å². The molecule has 0 aliphatic carbocycles. The number of esters is 1. The lowest BCUT2D eigenvalue weighted by atomic mass is 10.3. The maximum absolute atomic E-state index is 10.4. The quantitative estimate of drug-likeness (QED) is 0.370. The van der Waals surface area contributed by atoms with Crippen molar-refractivity contribution < 1.29 is 19.4 Å². The van der Waals surface area contributed by atoms with Gasteiger partial charge >= 0.3 is 11.9 Å². The van der Waals surface area contributed by atoms with E-state index >= 15 is 0 Å². The molecule has 1 unspecified atom stereocenters. The van der Waals surface area contributed by atoms with E-state index in [0.29, 0.717) is 6.42 Å². The standard InChI is InChI=1S/C8H10O4/c1-3-4-5-6(2)12-8(11)7(9)10/h6H,5H2,1-2H3,(H,9,10). The van der Waals surface area contributed by atoms with Crippen molar-refractivity contribution in [2.24, 2.45) is 0 Å². The Morgan fingerprint density at radius 1 is 1.58 bits per heavy atom. The summed E-state index contributed by atoms with van der Waals surface area (Å²) < 4.78 is 4.47. The van der Waals surface area contributed by atoms with Gasteiger partial charge in [0.05, 0.1) is 0 Å². The van der Waals surface area contributed by atoms with Gasteiger partial charge < -0.3 is 9.84 Å². The maximum Gasteiger partial charge on any atom is 0.417 e. The first-order valence-corrected chi connectivity index (χ1v) is 3.41. The smallest absolute Gasteiger partial charge is 0.417 e. The zero-order valence-electron chi connectivity index (χ0n) is 6.96. The summed E-state index contributed by atoms with van der Waals surface area (Å²) in [4.78, 5) is 20.4. The van der Waals surface area contributed by atoms with Crippen LogP contribution in [0.3, 0.4) is 0 Å². The molecule has 4 nitrogen and oxygen atoms in total. The number of hydrogen-bond donors (Lipinski definition) is 1. The van der Waals surface area contributed by atoms with Crippen LogP contribution in [-0.4, -0.2) is 23.1 Å². The number of carbonyl (C=O) groups excluding carboxylic acids is 1. The van der Waals surface area contributed by atoms with Gasteiger partial charge in [-0.2, -0.15) is 0 Å². The van der Waals surface area contributed by atoms with E-state index in [-0.39, 0.29) is 0 Å². The first-order chi connectivity index (χ1) is 5.57. The van der Waals surface area contributed by atoms with Gasteiger partial charge in [0.1, 0.15) is 6.10 Å². The fraction of sp³-hybridized carbons (Fsp3) is 0.500. The second kappa shape index (κ2) is 5.19. The number of aliphatic carboxylic acids is 1. The summed E-state index contributed by atoms with van der Waals surface area (Å²) in [6.45, 7) is 3.25. The molecule has 0 heterocycles. The number of carboxylic acids is 1. The molecule has 0 bridgehead atoms. The monoisotopic (exact) mass is 170 g/mol. The predicted molar refractivity (Wildman–Crippen MR) is 41.3 cm³/mol. The molecular formula is C8H10O4. The molecule has 12 heavy (non-hydrogen) atoms. The van der Waals surface area contributed by atoms with Crippen LogP contribution in [0.5, 0.6) is 0 Å². The molecular weight excluding hydrogens is 160 g/mol. The van der Waals surface area contributed by atoms with Gasteiger partial charge in [-0.05, 0) is 13.8 Å². The Hall–Kier alpha value is -1.50. The highest BCUT2D eigenvalue weighted by molar-refractivity contribution is 6.28. The summed E-state index contributed by atoms with van der Waals surface area (Å²) in [5.74, 6) is 2.47. The predicted octanol–water partition coefficient (Wildman–Crippen LogP) is 0.416. The van der Waals surface area contributed by atoms with Crippen LogP contribution in [-0.2, 0) is 14.3 Å². The van der Waals surface area contributed by atoms with Gasteiger partial charge in [-0.3, -0.25) is 0 Å². The lowest BCUT2D eigenvalue weighted by molar-refractivity contribution is -0.166. The minimum atomic E-state index is -1.58. The summed E-state index contributed by atoms with van der Waals surface area (Å²) in [5, 5.41) is 8.15. The molecule has 0 aliphatic heterocycles. The van der Waals surface area contributed by atoms with Crippen LogP contribution in [0.1, 0.15) is 20.3 Å². The molecule has 0 aromatic heterocycles. The van der Waals surface area contributed by atoms with Gasteiger partial charge in [0.2, 0.25) is 0 Å². The Bertz CT molecular complexity index is 233. The average molecular weight is 170 g/mol. The number of carbonyl (C=O) groups is 2. The first kappa shape index (κ1) is 10.5. The highest BCUT2D eigenvalue weighted by Crippen LogP contribution is 1.96. The average Bonchev–Trinajstić information content (AvgIpc) is 2.00. The third-order valence-corrected chi connectivity index (χ3v) is 1.05. The van der Waals surface area contributed by atoms with E-state index in [1.807, 2.05) is 0 Å². The van der Waals surface area contributed by atoms with E-state index in [9.17, 15) is 9.59 Å². The summed E-state index contributed by atoms with van der Waals surface area (Å²) in [6.07, 6.45) is -0.115. The van der Waals surface area contributed by atoms with Crippen LogP contribution in [0.25, 0.3) is 0 Å². The molecule has 1 N–H and O–H groups in total. The molecule has 0 aromatic carbocycles. The third-order valence-electron chi connectivity index (χ3n) is 1.05. The van der Waals surface area contributed by atoms with Crippen LogP contribution >= 0.6 is 0 Å². The first-order valence-electron chi connectivity index (χ1n) is 3.41. The summed E-state index contributed by atoms with van der Waals surface area (Å²) >= 11 is 0. The fourth-order valence-corrected chi connectivity index (χ4v) is 0.521. The van der Waals surface area contributed by atoms with Gasteiger partial charge in [0.25, 0.3) is 0 Å². The third kappa shape index (κ3) is 4.34. The highest BCUT2D eigenvalue weighted by Gasteiger charge is 2.15.